The molecule has 0 radical (unpaired) electrons. The molecule has 10 aromatic rings. The molecule has 45 heavy (non-hydrogen) atoms. The minimum absolute atomic E-state index is 0.479. The largest absolute Gasteiger partial charge is 0.456 e. The molecule has 1 N–H and O–H groups in total. The van der Waals surface area contributed by atoms with E-state index in [1.165, 1.54) is 10.1 Å². The van der Waals surface area contributed by atoms with Gasteiger partial charge in [-0.1, -0.05) is 60.7 Å². The number of para-hydroxylation sites is 4. The Balaban J connectivity index is 1.34. The smallest absolute Gasteiger partial charge is 0.256 e. The maximum atomic E-state index is 6.56. The number of rotatable bonds is 4. The zero-order chi connectivity index (χ0) is 29.5. The molecule has 0 spiro atoms. The Morgan fingerprint density at radius 3 is 2.20 bits per heavy atom. The minimum Gasteiger partial charge on any atom is -0.456 e. The van der Waals surface area contributed by atoms with E-state index >= 15 is 0 Å². The number of fused-ring (bicyclic) bond motifs is 5. The minimum atomic E-state index is 0.479. The van der Waals surface area contributed by atoms with Crippen LogP contribution in [0, 0.1) is 0 Å². The van der Waals surface area contributed by atoms with Crippen LogP contribution in [-0.4, -0.2) is 19.9 Å². The summed E-state index contributed by atoms with van der Waals surface area (Å²) in [4.78, 5) is 19.8. The Kier molecular flexibility index (Phi) is 5.22. The number of thiazole rings is 1. The molecule has 212 valence electrons. The number of H-pyrrole nitrogens is 1. The number of hydrogen-bond acceptors (Lipinski definition) is 7. The third-order valence-electron chi connectivity index (χ3n) is 8.15. The molecule has 10 rings (SSSR count). The normalized spacial score (nSPS) is 12.0. The number of furan rings is 1. The quantitative estimate of drug-likeness (QED) is 0.213. The third-order valence-corrected chi connectivity index (χ3v) is 10.3. The Bertz CT molecular complexity index is 2610. The molecule has 0 saturated heterocycles. The van der Waals surface area contributed by atoms with E-state index in [0.717, 1.165) is 75.9 Å². The van der Waals surface area contributed by atoms with Crippen molar-refractivity contribution in [2.24, 2.45) is 0 Å². The van der Waals surface area contributed by atoms with E-state index in [9.17, 15) is 0 Å². The molecule has 6 nitrogen and oxygen atoms in total. The van der Waals surface area contributed by atoms with Crippen LogP contribution in [0.4, 0.5) is 0 Å². The van der Waals surface area contributed by atoms with E-state index in [4.69, 9.17) is 23.8 Å². The van der Waals surface area contributed by atoms with Gasteiger partial charge in [-0.15, -0.1) is 22.7 Å². The second kappa shape index (κ2) is 9.46. The van der Waals surface area contributed by atoms with Crippen molar-refractivity contribution in [2.75, 3.05) is 0 Å². The van der Waals surface area contributed by atoms with Crippen molar-refractivity contribution in [2.45, 2.75) is 0 Å². The standard InChI is InChI=1S/C37H20N4O2S2/c1-6-14-26-20(9-1)17-27(42-26)22-19-28-34(41-36(43-28)37-40-25-13-5-8-16-30(25)45-37)33(35-38-23-11-3-4-12-24(23)39-35)32(22)31-18-21-10-2-7-15-29(21)44-31/h1-19H,(H,38,39). The molecule has 0 saturated carbocycles. The molecule has 0 fully saturated rings. The number of oxazole rings is 1. The molecule has 8 heteroatoms. The van der Waals surface area contributed by atoms with Crippen LogP contribution in [0.1, 0.15) is 0 Å². The van der Waals surface area contributed by atoms with E-state index in [0.29, 0.717) is 11.5 Å². The number of aromatic nitrogens is 4. The summed E-state index contributed by atoms with van der Waals surface area (Å²) in [6.45, 7) is 0. The average molecular weight is 617 g/mol. The predicted molar refractivity (Wildman–Crippen MR) is 184 cm³/mol. The molecular weight excluding hydrogens is 597 g/mol. The lowest BCUT2D eigenvalue weighted by Crippen LogP contribution is -1.92. The van der Waals surface area contributed by atoms with E-state index < -0.39 is 0 Å². The molecule has 0 unspecified atom stereocenters. The molecule has 0 bridgehead atoms. The van der Waals surface area contributed by atoms with Crippen molar-refractivity contribution in [1.82, 2.24) is 19.9 Å². The van der Waals surface area contributed by atoms with Crippen molar-refractivity contribution < 1.29 is 8.83 Å². The molecule has 0 aliphatic heterocycles. The number of thiophene rings is 1. The SMILES string of the molecule is c1ccc2oc(-c3cc4oc(-c5nc6ccccc6s5)nc4c(-c4nc5ccccc5[nH]4)c3-c3cc4ccccc4s3)cc2c1. The second-order valence-electron chi connectivity index (χ2n) is 10.9. The Hall–Kier alpha value is -5.57. The number of imidazole rings is 1. The van der Waals surface area contributed by atoms with Gasteiger partial charge in [0, 0.05) is 26.1 Å². The molecule has 0 amide bonds. The van der Waals surface area contributed by atoms with Crippen molar-refractivity contribution in [3.63, 3.8) is 0 Å². The highest BCUT2D eigenvalue weighted by molar-refractivity contribution is 7.22. The fourth-order valence-electron chi connectivity index (χ4n) is 6.09. The predicted octanol–water partition coefficient (Wildman–Crippen LogP) is 10.9. The highest BCUT2D eigenvalue weighted by atomic mass is 32.1. The number of aromatic amines is 1. The summed E-state index contributed by atoms with van der Waals surface area (Å²) in [5.74, 6) is 1.95. The zero-order valence-corrected chi connectivity index (χ0v) is 25.1. The highest BCUT2D eigenvalue weighted by Crippen LogP contribution is 2.49. The van der Waals surface area contributed by atoms with Gasteiger partial charge in [0.25, 0.3) is 5.89 Å². The van der Waals surface area contributed by atoms with E-state index in [1.807, 2.05) is 60.7 Å². The Labute approximate surface area is 263 Å². The van der Waals surface area contributed by atoms with E-state index in [2.05, 4.69) is 59.6 Å². The maximum Gasteiger partial charge on any atom is 0.256 e. The van der Waals surface area contributed by atoms with Gasteiger partial charge in [-0.2, -0.15) is 0 Å². The van der Waals surface area contributed by atoms with Gasteiger partial charge < -0.3 is 13.8 Å². The first-order valence-electron chi connectivity index (χ1n) is 14.5. The summed E-state index contributed by atoms with van der Waals surface area (Å²) >= 11 is 3.32. The molecule has 5 aromatic carbocycles. The summed E-state index contributed by atoms with van der Waals surface area (Å²) in [7, 11) is 0. The van der Waals surface area contributed by atoms with Gasteiger partial charge in [0.05, 0.1) is 26.8 Å². The number of hydrogen-bond donors (Lipinski definition) is 1. The van der Waals surface area contributed by atoms with Crippen molar-refractivity contribution >= 4 is 76.1 Å². The molecule has 0 atom stereocenters. The lowest BCUT2D eigenvalue weighted by Gasteiger charge is -2.12. The highest BCUT2D eigenvalue weighted by Gasteiger charge is 2.27. The van der Waals surface area contributed by atoms with Crippen LogP contribution in [-0.2, 0) is 0 Å². The van der Waals surface area contributed by atoms with Crippen LogP contribution in [0.25, 0.3) is 97.5 Å². The molecule has 5 aromatic heterocycles. The van der Waals surface area contributed by atoms with Crippen LogP contribution in [0.15, 0.2) is 124 Å². The van der Waals surface area contributed by atoms with E-state index in [-0.39, 0.29) is 0 Å². The van der Waals surface area contributed by atoms with Gasteiger partial charge in [0.2, 0.25) is 0 Å². The van der Waals surface area contributed by atoms with Crippen molar-refractivity contribution in [1.29, 1.82) is 0 Å². The van der Waals surface area contributed by atoms with Gasteiger partial charge >= 0.3 is 0 Å². The van der Waals surface area contributed by atoms with Crippen LogP contribution >= 0.6 is 22.7 Å². The Morgan fingerprint density at radius 1 is 0.578 bits per heavy atom. The van der Waals surface area contributed by atoms with Gasteiger partial charge in [-0.05, 0) is 60.0 Å². The van der Waals surface area contributed by atoms with E-state index in [1.54, 1.807) is 22.7 Å². The monoisotopic (exact) mass is 616 g/mol. The molecule has 0 aliphatic carbocycles. The second-order valence-corrected chi connectivity index (χ2v) is 13.0. The molecule has 0 aliphatic rings. The van der Waals surface area contributed by atoms with Crippen LogP contribution < -0.4 is 0 Å². The lowest BCUT2D eigenvalue weighted by molar-refractivity contribution is 0.617. The van der Waals surface area contributed by atoms with Gasteiger partial charge in [0.1, 0.15) is 22.7 Å². The van der Waals surface area contributed by atoms with Crippen molar-refractivity contribution in [3.8, 4) is 44.1 Å². The summed E-state index contributed by atoms with van der Waals surface area (Å²) in [6.07, 6.45) is 0. The van der Waals surface area contributed by atoms with Crippen LogP contribution in [0.2, 0.25) is 0 Å². The first-order valence-corrected chi connectivity index (χ1v) is 16.1. The number of nitrogens with one attached hydrogen (secondary N) is 1. The van der Waals surface area contributed by atoms with Gasteiger partial charge in [0.15, 0.2) is 10.6 Å². The summed E-state index contributed by atoms with van der Waals surface area (Å²) in [6, 6.07) is 39.1. The fourth-order valence-corrected chi connectivity index (χ4v) is 8.11. The topological polar surface area (TPSA) is 80.7 Å². The van der Waals surface area contributed by atoms with Crippen molar-refractivity contribution in [3.05, 3.63) is 115 Å². The average Bonchev–Trinajstić information content (AvgIpc) is 3.90. The maximum absolute atomic E-state index is 6.56. The zero-order valence-electron chi connectivity index (χ0n) is 23.4. The third kappa shape index (κ3) is 3.90. The first-order chi connectivity index (χ1) is 22.2. The molecule has 5 heterocycles. The lowest BCUT2D eigenvalue weighted by atomic mass is 9.95. The van der Waals surface area contributed by atoms with Crippen LogP contribution in [0.3, 0.4) is 0 Å². The van der Waals surface area contributed by atoms with Crippen LogP contribution in [0.5, 0.6) is 0 Å². The summed E-state index contributed by atoms with van der Waals surface area (Å²) in [5, 5.41) is 2.95. The Morgan fingerprint density at radius 2 is 1.36 bits per heavy atom. The van der Waals surface area contributed by atoms with Gasteiger partial charge in [-0.3, -0.25) is 0 Å². The fraction of sp³-hybridized carbons (Fsp3) is 0. The number of benzene rings is 5. The van der Waals surface area contributed by atoms with Gasteiger partial charge in [-0.25, -0.2) is 15.0 Å². The summed E-state index contributed by atoms with van der Waals surface area (Å²) in [5.41, 5.74) is 7.70. The summed E-state index contributed by atoms with van der Waals surface area (Å²) < 4.78 is 15.4. The molecular formula is C37H20N4O2S2. The number of nitrogens with zero attached hydrogens (tertiary/aromatic N) is 3. The first kappa shape index (κ1) is 24.8.